The molecule has 0 radical (unpaired) electrons. The van der Waals surface area contributed by atoms with Crippen molar-refractivity contribution in [2.75, 3.05) is 13.1 Å². The number of carbonyl (C=O) groups is 1. The van der Waals surface area contributed by atoms with Crippen LogP contribution in [-0.4, -0.2) is 29.3 Å². The summed E-state index contributed by atoms with van der Waals surface area (Å²) in [7, 11) is 0. The highest BCUT2D eigenvalue weighted by molar-refractivity contribution is 6.21. The lowest BCUT2D eigenvalue weighted by Gasteiger charge is -2.34. The lowest BCUT2D eigenvalue weighted by Crippen LogP contribution is -2.44. The van der Waals surface area contributed by atoms with Crippen LogP contribution < -0.4 is 0 Å². The Morgan fingerprint density at radius 3 is 2.42 bits per heavy atom. The Balaban J connectivity index is 2.25. The lowest BCUT2D eigenvalue weighted by atomic mass is 9.98. The highest BCUT2D eigenvalue weighted by atomic mass is 35.5. The summed E-state index contributed by atoms with van der Waals surface area (Å²) in [4.78, 5) is 13.4. The van der Waals surface area contributed by atoms with Crippen molar-refractivity contribution in [2.45, 2.75) is 18.7 Å². The highest BCUT2D eigenvalue weighted by Gasteiger charge is 2.30. The summed E-state index contributed by atoms with van der Waals surface area (Å²) < 4.78 is 39.9. The number of halogens is 4. The maximum Gasteiger partial charge on any atom is 0.259 e. The second-order valence-corrected chi connectivity index (χ2v) is 5.34. The first-order chi connectivity index (χ1) is 8.90. The van der Waals surface area contributed by atoms with Crippen molar-refractivity contribution >= 4 is 17.5 Å². The van der Waals surface area contributed by atoms with Crippen LogP contribution in [0.2, 0.25) is 0 Å². The molecule has 0 saturated carbocycles. The van der Waals surface area contributed by atoms with Crippen molar-refractivity contribution in [3.8, 4) is 0 Å². The van der Waals surface area contributed by atoms with E-state index in [4.69, 9.17) is 11.6 Å². The molecule has 19 heavy (non-hydrogen) atoms. The van der Waals surface area contributed by atoms with Gasteiger partial charge in [-0.2, -0.15) is 0 Å². The molecule has 2 rings (SSSR count). The van der Waals surface area contributed by atoms with Gasteiger partial charge in [0, 0.05) is 25.2 Å². The first-order valence-corrected chi connectivity index (χ1v) is 6.41. The molecule has 1 aromatic carbocycles. The van der Waals surface area contributed by atoms with Gasteiger partial charge in [-0.25, -0.2) is 13.2 Å². The van der Waals surface area contributed by atoms with Crippen molar-refractivity contribution in [1.29, 1.82) is 0 Å². The molecule has 6 heteroatoms. The Kier molecular flexibility index (Phi) is 4.04. The summed E-state index contributed by atoms with van der Waals surface area (Å²) >= 11 is 6.06. The standard InChI is InChI=1S/C13H13ClF3NO/c1-7-2-3-18(6-9(7)14)13(19)12-10(16)4-8(15)5-11(12)17/h4-5,7,9H,2-3,6H2,1H3. The fraction of sp³-hybridized carbons (Fsp3) is 0.462. The van der Waals surface area contributed by atoms with E-state index in [1.54, 1.807) is 0 Å². The number of benzene rings is 1. The molecule has 1 heterocycles. The van der Waals surface area contributed by atoms with Crippen molar-refractivity contribution in [3.63, 3.8) is 0 Å². The molecule has 2 nitrogen and oxygen atoms in total. The van der Waals surface area contributed by atoms with E-state index < -0.39 is 28.9 Å². The predicted molar refractivity (Wildman–Crippen MR) is 65.6 cm³/mol. The minimum absolute atomic E-state index is 0.234. The monoisotopic (exact) mass is 291 g/mol. The number of piperidine rings is 1. The maximum absolute atomic E-state index is 13.5. The summed E-state index contributed by atoms with van der Waals surface area (Å²) in [6, 6.07) is 1.00. The minimum Gasteiger partial charge on any atom is -0.337 e. The SMILES string of the molecule is CC1CCN(C(=O)c2c(F)cc(F)cc2F)CC1Cl. The number of alkyl halides is 1. The van der Waals surface area contributed by atoms with Gasteiger partial charge in [0.25, 0.3) is 5.91 Å². The van der Waals surface area contributed by atoms with Crippen LogP contribution in [0.5, 0.6) is 0 Å². The fourth-order valence-corrected chi connectivity index (χ4v) is 2.40. The topological polar surface area (TPSA) is 20.3 Å². The second kappa shape index (κ2) is 5.41. The molecule has 0 aromatic heterocycles. The van der Waals surface area contributed by atoms with Gasteiger partial charge in [-0.05, 0) is 12.3 Å². The number of amides is 1. The van der Waals surface area contributed by atoms with Gasteiger partial charge in [-0.1, -0.05) is 6.92 Å². The van der Waals surface area contributed by atoms with E-state index in [-0.39, 0.29) is 17.8 Å². The van der Waals surface area contributed by atoms with E-state index in [1.807, 2.05) is 6.92 Å². The van der Waals surface area contributed by atoms with Crippen molar-refractivity contribution in [1.82, 2.24) is 4.90 Å². The molecule has 104 valence electrons. The van der Waals surface area contributed by atoms with Gasteiger partial charge in [0.05, 0.1) is 5.38 Å². The molecule has 0 spiro atoms. The average Bonchev–Trinajstić information content (AvgIpc) is 2.31. The quantitative estimate of drug-likeness (QED) is 0.728. The molecule has 1 amide bonds. The van der Waals surface area contributed by atoms with Gasteiger partial charge in [0.15, 0.2) is 0 Å². The predicted octanol–water partition coefficient (Wildman–Crippen LogP) is 3.19. The number of likely N-dealkylation sites (tertiary alicyclic amines) is 1. The Bertz CT molecular complexity index is 486. The molecule has 2 unspecified atom stereocenters. The number of rotatable bonds is 1. The lowest BCUT2D eigenvalue weighted by molar-refractivity contribution is 0.0691. The van der Waals surface area contributed by atoms with Crippen molar-refractivity contribution in [2.24, 2.45) is 5.92 Å². The van der Waals surface area contributed by atoms with Crippen molar-refractivity contribution < 1.29 is 18.0 Å². The van der Waals surface area contributed by atoms with Crippen LogP contribution in [0.4, 0.5) is 13.2 Å². The zero-order valence-corrected chi connectivity index (χ0v) is 11.1. The van der Waals surface area contributed by atoms with Crippen LogP contribution in [-0.2, 0) is 0 Å². The highest BCUT2D eigenvalue weighted by Crippen LogP contribution is 2.24. The van der Waals surface area contributed by atoms with Gasteiger partial charge in [0.2, 0.25) is 0 Å². The average molecular weight is 292 g/mol. The van der Waals surface area contributed by atoms with Gasteiger partial charge >= 0.3 is 0 Å². The van der Waals surface area contributed by atoms with Gasteiger partial charge < -0.3 is 4.90 Å². The van der Waals surface area contributed by atoms with Crippen LogP contribution in [0.3, 0.4) is 0 Å². The zero-order valence-electron chi connectivity index (χ0n) is 10.3. The van der Waals surface area contributed by atoms with Gasteiger partial charge in [-0.15, -0.1) is 11.6 Å². The second-order valence-electron chi connectivity index (χ2n) is 4.78. The summed E-state index contributed by atoms with van der Waals surface area (Å²) in [6.07, 6.45) is 0.671. The van der Waals surface area contributed by atoms with Gasteiger partial charge in [-0.3, -0.25) is 4.79 Å². The number of hydrogen-bond acceptors (Lipinski definition) is 1. The fourth-order valence-electron chi connectivity index (χ4n) is 2.11. The van der Waals surface area contributed by atoms with Crippen LogP contribution >= 0.6 is 11.6 Å². The number of carbonyl (C=O) groups excluding carboxylic acids is 1. The first-order valence-electron chi connectivity index (χ1n) is 5.98. The molecule has 1 aliphatic heterocycles. The normalized spacial score (nSPS) is 23.5. The summed E-state index contributed by atoms with van der Waals surface area (Å²) in [5.41, 5.74) is -0.722. The molecular weight excluding hydrogens is 279 g/mol. The molecule has 2 atom stereocenters. The molecule has 1 aromatic rings. The van der Waals surface area contributed by atoms with E-state index in [0.29, 0.717) is 25.1 Å². The summed E-state index contributed by atoms with van der Waals surface area (Å²) in [6.45, 7) is 2.58. The molecule has 0 bridgehead atoms. The minimum atomic E-state index is -1.19. The smallest absolute Gasteiger partial charge is 0.259 e. The van der Waals surface area contributed by atoms with Crippen LogP contribution in [0.1, 0.15) is 23.7 Å². The summed E-state index contributed by atoms with van der Waals surface area (Å²) in [5, 5.41) is -0.246. The molecule has 1 saturated heterocycles. The number of nitrogens with zero attached hydrogens (tertiary/aromatic N) is 1. The van der Waals surface area contributed by atoms with Gasteiger partial charge in [0.1, 0.15) is 23.0 Å². The Hall–Kier alpha value is -1.23. The third kappa shape index (κ3) is 2.86. The van der Waals surface area contributed by atoms with E-state index in [1.165, 1.54) is 4.90 Å². The van der Waals surface area contributed by atoms with E-state index in [0.717, 1.165) is 0 Å². The first kappa shape index (κ1) is 14.2. The van der Waals surface area contributed by atoms with E-state index >= 15 is 0 Å². The van der Waals surface area contributed by atoms with Crippen LogP contribution in [0.15, 0.2) is 12.1 Å². The molecule has 0 aliphatic carbocycles. The van der Waals surface area contributed by atoms with E-state index in [9.17, 15) is 18.0 Å². The third-order valence-electron chi connectivity index (χ3n) is 3.37. The Morgan fingerprint density at radius 2 is 1.89 bits per heavy atom. The maximum atomic E-state index is 13.5. The molecular formula is C13H13ClF3NO. The molecule has 0 N–H and O–H groups in total. The van der Waals surface area contributed by atoms with E-state index in [2.05, 4.69) is 0 Å². The summed E-state index contributed by atoms with van der Waals surface area (Å²) in [5.74, 6) is -3.96. The van der Waals surface area contributed by atoms with Crippen LogP contribution in [0, 0.1) is 23.4 Å². The Morgan fingerprint density at radius 1 is 1.32 bits per heavy atom. The van der Waals surface area contributed by atoms with Crippen molar-refractivity contribution in [3.05, 3.63) is 35.1 Å². The third-order valence-corrected chi connectivity index (χ3v) is 3.94. The Labute approximate surface area is 114 Å². The number of hydrogen-bond donors (Lipinski definition) is 0. The molecule has 1 aliphatic rings. The van der Waals surface area contributed by atoms with Crippen LogP contribution in [0.25, 0.3) is 0 Å². The largest absolute Gasteiger partial charge is 0.337 e. The molecule has 1 fully saturated rings. The zero-order chi connectivity index (χ0) is 14.2.